The molecule has 2 rings (SSSR count). The number of pyridine rings is 1. The highest BCUT2D eigenvalue weighted by molar-refractivity contribution is 5.94. The van der Waals surface area contributed by atoms with Gasteiger partial charge in [0.05, 0.1) is 0 Å². The van der Waals surface area contributed by atoms with Crippen molar-refractivity contribution in [3.8, 4) is 0 Å². The molecular weight excluding hydrogens is 255 g/mol. The molecule has 0 fully saturated rings. The first-order chi connectivity index (χ1) is 9.66. The van der Waals surface area contributed by atoms with E-state index in [1.54, 1.807) is 37.5 Å². The number of allylic oxidation sites excluding steroid dienone is 1. The summed E-state index contributed by atoms with van der Waals surface area (Å²) in [5.74, 6) is -0.578. The van der Waals surface area contributed by atoms with Crippen molar-refractivity contribution in [2.75, 3.05) is 0 Å². The van der Waals surface area contributed by atoms with E-state index in [0.29, 0.717) is 17.7 Å². The second kappa shape index (κ2) is 6.61. The van der Waals surface area contributed by atoms with Crippen LogP contribution in [0.5, 0.6) is 0 Å². The van der Waals surface area contributed by atoms with E-state index in [4.69, 9.17) is 0 Å². The average molecular weight is 270 g/mol. The van der Waals surface area contributed by atoms with Crippen LogP contribution in [0.1, 0.15) is 18.1 Å². The van der Waals surface area contributed by atoms with Gasteiger partial charge in [-0.3, -0.25) is 9.78 Å². The Morgan fingerprint density at radius 1 is 1.25 bits per heavy atom. The van der Waals surface area contributed by atoms with Crippen molar-refractivity contribution in [3.63, 3.8) is 0 Å². The molecule has 1 aromatic heterocycles. The minimum Gasteiger partial charge on any atom is -0.348 e. The zero-order chi connectivity index (χ0) is 14.4. The number of rotatable bonds is 4. The summed E-state index contributed by atoms with van der Waals surface area (Å²) in [6.07, 6.45) is 4.74. The summed E-state index contributed by atoms with van der Waals surface area (Å²) >= 11 is 0. The van der Waals surface area contributed by atoms with Crippen LogP contribution < -0.4 is 5.32 Å². The Hall–Kier alpha value is -2.49. The molecule has 0 aliphatic rings. The molecule has 0 bridgehead atoms. The maximum atomic E-state index is 13.6. The Bertz CT molecular complexity index is 623. The standard InChI is InChI=1S/C16H15FN2O/c1-12(14-4-2-3-5-15(14)17)10-16(20)19-11-13-6-8-18-9-7-13/h2-10H,11H2,1H3,(H,19,20)/b12-10-. The Balaban J connectivity index is 2.00. The third kappa shape index (κ3) is 3.75. The molecule has 1 aromatic carbocycles. The van der Waals surface area contributed by atoms with E-state index in [1.807, 2.05) is 12.1 Å². The maximum Gasteiger partial charge on any atom is 0.244 e. The molecule has 0 unspecified atom stereocenters. The lowest BCUT2D eigenvalue weighted by molar-refractivity contribution is -0.116. The number of nitrogens with one attached hydrogen (secondary N) is 1. The number of hydrogen-bond acceptors (Lipinski definition) is 2. The van der Waals surface area contributed by atoms with Crippen molar-refractivity contribution in [2.45, 2.75) is 13.5 Å². The van der Waals surface area contributed by atoms with Gasteiger partial charge in [-0.2, -0.15) is 0 Å². The van der Waals surface area contributed by atoms with Gasteiger partial charge >= 0.3 is 0 Å². The van der Waals surface area contributed by atoms with Crippen molar-refractivity contribution in [1.82, 2.24) is 10.3 Å². The van der Waals surface area contributed by atoms with E-state index in [9.17, 15) is 9.18 Å². The average Bonchev–Trinajstić information content (AvgIpc) is 2.46. The predicted octanol–water partition coefficient (Wildman–Crippen LogP) is 2.94. The molecule has 1 N–H and O–H groups in total. The molecule has 0 atom stereocenters. The number of nitrogens with zero attached hydrogens (tertiary/aromatic N) is 1. The first kappa shape index (κ1) is 13.9. The molecule has 0 saturated carbocycles. The van der Waals surface area contributed by atoms with Crippen LogP contribution in [0.3, 0.4) is 0 Å². The van der Waals surface area contributed by atoms with Crippen molar-refractivity contribution >= 4 is 11.5 Å². The van der Waals surface area contributed by atoms with E-state index in [0.717, 1.165) is 5.56 Å². The second-order valence-corrected chi connectivity index (χ2v) is 4.38. The van der Waals surface area contributed by atoms with E-state index < -0.39 is 0 Å². The highest BCUT2D eigenvalue weighted by Gasteiger charge is 2.05. The molecule has 0 radical (unpaired) electrons. The fraction of sp³-hybridized carbons (Fsp3) is 0.125. The van der Waals surface area contributed by atoms with Crippen LogP contribution in [-0.2, 0) is 11.3 Å². The molecule has 0 spiro atoms. The van der Waals surface area contributed by atoms with Gasteiger partial charge in [-0.05, 0) is 36.3 Å². The lowest BCUT2D eigenvalue weighted by Crippen LogP contribution is -2.20. The maximum absolute atomic E-state index is 13.6. The Labute approximate surface area is 117 Å². The van der Waals surface area contributed by atoms with E-state index in [2.05, 4.69) is 10.3 Å². The Kier molecular flexibility index (Phi) is 4.60. The van der Waals surface area contributed by atoms with Crippen molar-refractivity contribution < 1.29 is 9.18 Å². The second-order valence-electron chi connectivity index (χ2n) is 4.38. The van der Waals surface area contributed by atoms with Crippen LogP contribution in [0.2, 0.25) is 0 Å². The van der Waals surface area contributed by atoms with E-state index in [-0.39, 0.29) is 11.7 Å². The summed E-state index contributed by atoms with van der Waals surface area (Å²) in [5.41, 5.74) is 1.99. The number of carbonyl (C=O) groups excluding carboxylic acids is 1. The topological polar surface area (TPSA) is 42.0 Å². The van der Waals surface area contributed by atoms with Crippen LogP contribution in [0, 0.1) is 5.82 Å². The van der Waals surface area contributed by atoms with Gasteiger partial charge in [-0.1, -0.05) is 18.2 Å². The van der Waals surface area contributed by atoms with Crippen molar-refractivity contribution in [1.29, 1.82) is 0 Å². The number of aromatic nitrogens is 1. The lowest BCUT2D eigenvalue weighted by atomic mass is 10.1. The van der Waals surface area contributed by atoms with Gasteiger partial charge < -0.3 is 5.32 Å². The Morgan fingerprint density at radius 2 is 1.95 bits per heavy atom. The lowest BCUT2D eigenvalue weighted by Gasteiger charge is -2.05. The Morgan fingerprint density at radius 3 is 2.65 bits per heavy atom. The van der Waals surface area contributed by atoms with Crippen LogP contribution in [0.4, 0.5) is 4.39 Å². The van der Waals surface area contributed by atoms with E-state index >= 15 is 0 Å². The fourth-order valence-corrected chi connectivity index (χ4v) is 1.80. The smallest absolute Gasteiger partial charge is 0.244 e. The van der Waals surface area contributed by atoms with Gasteiger partial charge in [0.15, 0.2) is 0 Å². The number of halogens is 1. The summed E-state index contributed by atoms with van der Waals surface area (Å²) in [5, 5.41) is 2.75. The first-order valence-corrected chi connectivity index (χ1v) is 6.27. The van der Waals surface area contributed by atoms with Crippen LogP contribution in [0.15, 0.2) is 54.9 Å². The van der Waals surface area contributed by atoms with Crippen LogP contribution in [-0.4, -0.2) is 10.9 Å². The molecule has 1 amide bonds. The van der Waals surface area contributed by atoms with Gasteiger partial charge in [0.1, 0.15) is 5.82 Å². The van der Waals surface area contributed by atoms with Crippen molar-refractivity contribution in [3.05, 3.63) is 71.8 Å². The van der Waals surface area contributed by atoms with Crippen LogP contribution in [0.25, 0.3) is 5.57 Å². The number of amides is 1. The van der Waals surface area contributed by atoms with Gasteiger partial charge in [-0.15, -0.1) is 0 Å². The van der Waals surface area contributed by atoms with Gasteiger partial charge in [0, 0.05) is 30.6 Å². The minimum atomic E-state index is -0.330. The van der Waals surface area contributed by atoms with Gasteiger partial charge in [0.25, 0.3) is 0 Å². The summed E-state index contributed by atoms with van der Waals surface area (Å²) in [4.78, 5) is 15.7. The molecule has 0 aliphatic heterocycles. The predicted molar refractivity (Wildman–Crippen MR) is 76.1 cm³/mol. The normalized spacial score (nSPS) is 11.2. The quantitative estimate of drug-likeness (QED) is 0.868. The summed E-state index contributed by atoms with van der Waals surface area (Å²) in [6, 6.07) is 10.0. The molecule has 102 valence electrons. The highest BCUT2D eigenvalue weighted by Crippen LogP contribution is 2.16. The molecule has 3 nitrogen and oxygen atoms in total. The SMILES string of the molecule is C/C(=C/C(=O)NCc1ccncc1)c1ccccc1F. The van der Waals surface area contributed by atoms with Crippen molar-refractivity contribution in [2.24, 2.45) is 0 Å². The van der Waals surface area contributed by atoms with Crippen LogP contribution >= 0.6 is 0 Å². The highest BCUT2D eigenvalue weighted by atomic mass is 19.1. The minimum absolute atomic E-state index is 0.248. The number of carbonyl (C=O) groups is 1. The molecule has 0 saturated heterocycles. The number of hydrogen-bond donors (Lipinski definition) is 1. The molecule has 1 heterocycles. The fourth-order valence-electron chi connectivity index (χ4n) is 1.80. The number of benzene rings is 1. The molecule has 0 aliphatic carbocycles. The monoisotopic (exact) mass is 270 g/mol. The zero-order valence-electron chi connectivity index (χ0n) is 11.1. The van der Waals surface area contributed by atoms with E-state index in [1.165, 1.54) is 12.1 Å². The molecular formula is C16H15FN2O. The zero-order valence-corrected chi connectivity index (χ0v) is 11.1. The van der Waals surface area contributed by atoms with Gasteiger partial charge in [-0.25, -0.2) is 4.39 Å². The molecule has 20 heavy (non-hydrogen) atoms. The summed E-state index contributed by atoms with van der Waals surface area (Å²) < 4.78 is 13.6. The molecule has 2 aromatic rings. The third-order valence-corrected chi connectivity index (χ3v) is 2.86. The third-order valence-electron chi connectivity index (χ3n) is 2.86. The summed E-state index contributed by atoms with van der Waals surface area (Å²) in [7, 11) is 0. The largest absolute Gasteiger partial charge is 0.348 e. The van der Waals surface area contributed by atoms with Gasteiger partial charge in [0.2, 0.25) is 5.91 Å². The first-order valence-electron chi connectivity index (χ1n) is 6.27. The summed E-state index contributed by atoms with van der Waals surface area (Å²) in [6.45, 7) is 2.13. The molecule has 4 heteroatoms.